The van der Waals surface area contributed by atoms with Crippen LogP contribution in [-0.4, -0.2) is 43.8 Å². The van der Waals surface area contributed by atoms with Gasteiger partial charge in [0.1, 0.15) is 12.4 Å². The van der Waals surface area contributed by atoms with Crippen LogP contribution in [0.2, 0.25) is 0 Å². The second-order valence-electron chi connectivity index (χ2n) is 4.20. The third kappa shape index (κ3) is 4.23. The Bertz CT molecular complexity index is 514. The van der Waals surface area contributed by atoms with Gasteiger partial charge in [0.2, 0.25) is 5.91 Å². The number of nitrogens with two attached hydrogens (primary N) is 1. The maximum atomic E-state index is 11.7. The number of aromatic nitrogens is 3. The number of carboxylic acids is 1. The first-order valence-electron chi connectivity index (χ1n) is 5.73. The van der Waals surface area contributed by atoms with Crippen LogP contribution in [0.3, 0.4) is 0 Å². The van der Waals surface area contributed by atoms with Crippen LogP contribution < -0.4 is 16.4 Å². The van der Waals surface area contributed by atoms with Crippen LogP contribution in [-0.2, 0) is 16.6 Å². The van der Waals surface area contributed by atoms with Crippen LogP contribution in [0, 0.1) is 0 Å². The van der Waals surface area contributed by atoms with Crippen molar-refractivity contribution in [3.8, 4) is 0 Å². The Kier molecular flexibility index (Phi) is 5.01. The second-order valence-corrected chi connectivity index (χ2v) is 4.20. The highest BCUT2D eigenvalue weighted by atomic mass is 16.4. The second kappa shape index (κ2) is 6.50. The number of hydrogen-bond acceptors (Lipinski definition) is 5. The van der Waals surface area contributed by atoms with E-state index in [2.05, 4.69) is 20.8 Å². The van der Waals surface area contributed by atoms with Gasteiger partial charge in [0.25, 0.3) is 0 Å². The van der Waals surface area contributed by atoms with E-state index in [-0.39, 0.29) is 0 Å². The number of carboxylic acid groups (broad SMARTS) is 1. The SMILES string of the molecule is CC(NC(=O)N[C@@H](CC(N)=O)C(=O)O)c1nncn1C. The standard InChI is InChI=1S/C10H16N6O4/c1-5(8-15-12-4-16(8)2)13-10(20)14-6(9(18)19)3-7(11)17/h4-6H,3H2,1-2H3,(H2,11,17)(H,18,19)(H2,13,14,20)/t5?,6-/m0/s1. The van der Waals surface area contributed by atoms with Gasteiger partial charge in [0, 0.05) is 7.05 Å². The average Bonchev–Trinajstić information content (AvgIpc) is 2.73. The highest BCUT2D eigenvalue weighted by Gasteiger charge is 2.23. The highest BCUT2D eigenvalue weighted by Crippen LogP contribution is 2.06. The molecule has 1 aromatic rings. The molecule has 0 radical (unpaired) electrons. The molecule has 0 aliphatic rings. The van der Waals surface area contributed by atoms with Crippen molar-refractivity contribution in [1.29, 1.82) is 0 Å². The highest BCUT2D eigenvalue weighted by molar-refractivity contribution is 5.87. The maximum absolute atomic E-state index is 11.7. The molecule has 1 heterocycles. The van der Waals surface area contributed by atoms with Crippen LogP contribution >= 0.6 is 0 Å². The molecular weight excluding hydrogens is 268 g/mol. The fraction of sp³-hybridized carbons (Fsp3) is 0.500. The lowest BCUT2D eigenvalue weighted by Crippen LogP contribution is -2.48. The summed E-state index contributed by atoms with van der Waals surface area (Å²) in [6, 6.07) is -2.60. The van der Waals surface area contributed by atoms with E-state index >= 15 is 0 Å². The molecule has 3 amide bonds. The molecule has 10 heteroatoms. The number of rotatable bonds is 6. The smallest absolute Gasteiger partial charge is 0.326 e. The third-order valence-corrected chi connectivity index (χ3v) is 2.49. The van der Waals surface area contributed by atoms with Crippen molar-refractivity contribution in [2.24, 2.45) is 12.8 Å². The summed E-state index contributed by atoms with van der Waals surface area (Å²) < 4.78 is 1.61. The molecule has 2 atom stereocenters. The zero-order valence-electron chi connectivity index (χ0n) is 11.0. The van der Waals surface area contributed by atoms with Gasteiger partial charge in [0.05, 0.1) is 12.5 Å². The first-order valence-corrected chi connectivity index (χ1v) is 5.73. The lowest BCUT2D eigenvalue weighted by Gasteiger charge is -2.17. The summed E-state index contributed by atoms with van der Waals surface area (Å²) in [5.74, 6) is -1.66. The molecular formula is C10H16N6O4. The molecule has 1 unspecified atom stereocenters. The Balaban J connectivity index is 2.60. The molecule has 0 aliphatic carbocycles. The van der Waals surface area contributed by atoms with Crippen molar-refractivity contribution in [1.82, 2.24) is 25.4 Å². The van der Waals surface area contributed by atoms with Gasteiger partial charge in [0.15, 0.2) is 5.82 Å². The number of primary amides is 1. The number of carbonyl (C=O) groups excluding carboxylic acids is 2. The van der Waals surface area contributed by atoms with Crippen molar-refractivity contribution in [3.63, 3.8) is 0 Å². The molecule has 0 spiro atoms. The quantitative estimate of drug-likeness (QED) is 0.499. The van der Waals surface area contributed by atoms with Crippen molar-refractivity contribution in [2.45, 2.75) is 25.4 Å². The molecule has 0 saturated heterocycles. The van der Waals surface area contributed by atoms with E-state index in [0.717, 1.165) is 0 Å². The third-order valence-electron chi connectivity index (χ3n) is 2.49. The first-order chi connectivity index (χ1) is 9.31. The summed E-state index contributed by atoms with van der Waals surface area (Å²) in [6.45, 7) is 1.66. The Morgan fingerprint density at radius 2 is 2.10 bits per heavy atom. The minimum atomic E-state index is -1.38. The number of aliphatic carboxylic acids is 1. The molecule has 0 aromatic carbocycles. The summed E-state index contributed by atoms with van der Waals surface area (Å²) in [5.41, 5.74) is 4.91. The van der Waals surface area contributed by atoms with E-state index < -0.39 is 36.4 Å². The van der Waals surface area contributed by atoms with E-state index in [9.17, 15) is 14.4 Å². The molecule has 110 valence electrons. The van der Waals surface area contributed by atoms with Crippen LogP contribution in [0.15, 0.2) is 6.33 Å². The number of amides is 3. The Labute approximate surface area is 114 Å². The largest absolute Gasteiger partial charge is 0.480 e. The number of urea groups is 1. The number of nitrogens with zero attached hydrogens (tertiary/aromatic N) is 3. The van der Waals surface area contributed by atoms with Gasteiger partial charge in [-0.3, -0.25) is 4.79 Å². The zero-order valence-corrected chi connectivity index (χ0v) is 11.0. The minimum Gasteiger partial charge on any atom is -0.480 e. The molecule has 0 fully saturated rings. The van der Waals surface area contributed by atoms with E-state index in [0.29, 0.717) is 5.82 Å². The molecule has 0 aliphatic heterocycles. The molecule has 5 N–H and O–H groups in total. The van der Waals surface area contributed by atoms with Gasteiger partial charge in [-0.1, -0.05) is 0 Å². The number of nitrogens with one attached hydrogen (secondary N) is 2. The predicted molar refractivity (Wildman–Crippen MR) is 66.3 cm³/mol. The van der Waals surface area contributed by atoms with Crippen molar-refractivity contribution in [2.75, 3.05) is 0 Å². The summed E-state index contributed by atoms with van der Waals surface area (Å²) >= 11 is 0. The molecule has 0 bridgehead atoms. The first kappa shape index (κ1) is 15.4. The lowest BCUT2D eigenvalue weighted by atomic mass is 10.2. The Hall–Kier alpha value is -2.65. The van der Waals surface area contributed by atoms with Gasteiger partial charge in [-0.05, 0) is 6.92 Å². The van der Waals surface area contributed by atoms with Crippen molar-refractivity contribution >= 4 is 17.9 Å². The Morgan fingerprint density at radius 3 is 2.55 bits per heavy atom. The normalized spacial score (nSPS) is 13.3. The van der Waals surface area contributed by atoms with Gasteiger partial charge in [-0.15, -0.1) is 10.2 Å². The number of carbonyl (C=O) groups is 3. The zero-order chi connectivity index (χ0) is 15.3. The summed E-state index contributed by atoms with van der Waals surface area (Å²) in [7, 11) is 1.71. The summed E-state index contributed by atoms with van der Waals surface area (Å²) in [4.78, 5) is 33.2. The fourth-order valence-corrected chi connectivity index (χ4v) is 1.55. The van der Waals surface area contributed by atoms with Crippen molar-refractivity contribution in [3.05, 3.63) is 12.2 Å². The number of hydrogen-bond donors (Lipinski definition) is 4. The van der Waals surface area contributed by atoms with Crippen LogP contribution in [0.5, 0.6) is 0 Å². The average molecular weight is 284 g/mol. The fourth-order valence-electron chi connectivity index (χ4n) is 1.55. The predicted octanol–water partition coefficient (Wildman–Crippen LogP) is -1.50. The van der Waals surface area contributed by atoms with E-state index in [1.807, 2.05) is 0 Å². The topological polar surface area (TPSA) is 152 Å². The summed E-state index contributed by atoms with van der Waals surface area (Å²) in [6.07, 6.45) is 0.986. The molecule has 1 aromatic heterocycles. The Morgan fingerprint density at radius 1 is 1.45 bits per heavy atom. The monoisotopic (exact) mass is 284 g/mol. The number of aryl methyl sites for hydroxylation is 1. The lowest BCUT2D eigenvalue weighted by molar-refractivity contribution is -0.140. The molecule has 10 nitrogen and oxygen atoms in total. The van der Waals surface area contributed by atoms with Gasteiger partial charge >= 0.3 is 12.0 Å². The van der Waals surface area contributed by atoms with Crippen molar-refractivity contribution < 1.29 is 19.5 Å². The van der Waals surface area contributed by atoms with Crippen LogP contribution in [0.25, 0.3) is 0 Å². The molecule has 0 saturated carbocycles. The van der Waals surface area contributed by atoms with Gasteiger partial charge < -0.3 is 26.0 Å². The molecule has 20 heavy (non-hydrogen) atoms. The van der Waals surface area contributed by atoms with Gasteiger partial charge in [-0.2, -0.15) is 0 Å². The van der Waals surface area contributed by atoms with Crippen LogP contribution in [0.1, 0.15) is 25.2 Å². The van der Waals surface area contributed by atoms with E-state index in [1.165, 1.54) is 6.33 Å². The molecule has 1 rings (SSSR count). The van der Waals surface area contributed by atoms with E-state index in [4.69, 9.17) is 10.8 Å². The maximum Gasteiger partial charge on any atom is 0.326 e. The van der Waals surface area contributed by atoms with E-state index in [1.54, 1.807) is 18.5 Å². The summed E-state index contributed by atoms with van der Waals surface area (Å²) in [5, 5.41) is 21.0. The van der Waals surface area contributed by atoms with Crippen LogP contribution in [0.4, 0.5) is 4.79 Å². The minimum absolute atomic E-state index is 0.481. The van der Waals surface area contributed by atoms with Gasteiger partial charge in [-0.25, -0.2) is 9.59 Å².